The number of carboxylic acids is 1. The Hall–Kier alpha value is -7.16. The van der Waals surface area contributed by atoms with Crippen molar-refractivity contribution >= 4 is 28.8 Å². The molecule has 20 heteroatoms. The summed E-state index contributed by atoms with van der Waals surface area (Å²) in [7, 11) is 0. The number of phenols is 1. The Morgan fingerprint density at radius 2 is 1.63 bits per heavy atom. The number of phenolic OH excluding ortho intramolecular Hbond substituents is 1. The third-order valence-corrected chi connectivity index (χ3v) is 12.5. The van der Waals surface area contributed by atoms with Crippen LogP contribution in [-0.2, 0) is 64.9 Å². The topological polar surface area (TPSA) is 268 Å². The minimum atomic E-state index is -1.83. The van der Waals surface area contributed by atoms with Gasteiger partial charge in [-0.25, -0.2) is 20.1 Å². The van der Waals surface area contributed by atoms with E-state index < -0.39 is 23.5 Å². The van der Waals surface area contributed by atoms with Crippen molar-refractivity contribution < 1.29 is 57.8 Å². The standard InChI is InChI=1S/C51H61N7O13/c1-5-38-40-25-35(59)11-12-44(40)54-47-41(38)29-58-45(47)27-43-42(48(58)61)30-70-50(64)51(43,6-2)71-46(60)13-17-65-19-21-67-22-20-66-18-14-53-28-34(55-52)9-7-15-68-36-23-33(49(62)63)24-37(26-36)69-16-8-10-39-31(3)56-57-32(39)4/h11-12,23-28,52-53,59H,5-10,13-22,29-30H2,1-4H3,(H,56,57)(H,62,63)/b34-28-,55-52?. The lowest BCUT2D eigenvalue weighted by molar-refractivity contribution is -0.190. The van der Waals surface area contributed by atoms with Crippen LogP contribution in [-0.4, -0.2) is 107 Å². The van der Waals surface area contributed by atoms with Crippen LogP contribution in [0, 0.1) is 19.4 Å². The molecule has 5 aromatic rings. The highest BCUT2D eigenvalue weighted by atomic mass is 16.6. The highest BCUT2D eigenvalue weighted by molar-refractivity contribution is 5.91. The molecule has 71 heavy (non-hydrogen) atoms. The van der Waals surface area contributed by atoms with E-state index in [1.165, 1.54) is 12.1 Å². The monoisotopic (exact) mass is 979 g/mol. The van der Waals surface area contributed by atoms with Crippen molar-refractivity contribution in [2.24, 2.45) is 5.11 Å². The number of aromatic amines is 1. The highest BCUT2D eigenvalue weighted by Crippen LogP contribution is 2.42. The summed E-state index contributed by atoms with van der Waals surface area (Å²) in [4.78, 5) is 57.3. The lowest BCUT2D eigenvalue weighted by atomic mass is 9.85. The molecular weight excluding hydrogens is 919 g/mol. The molecular formula is C51H61N7O13. The number of rotatable bonds is 28. The first kappa shape index (κ1) is 51.7. The molecule has 2 aromatic carbocycles. The van der Waals surface area contributed by atoms with Gasteiger partial charge in [0, 0.05) is 41.0 Å². The number of benzene rings is 2. The lowest BCUT2D eigenvalue weighted by Gasteiger charge is -2.35. The van der Waals surface area contributed by atoms with E-state index in [0.29, 0.717) is 91.9 Å². The molecule has 20 nitrogen and oxygen atoms in total. The molecule has 0 bridgehead atoms. The first-order valence-corrected chi connectivity index (χ1v) is 23.9. The number of nitrogens with zero attached hydrogens (tertiary/aromatic N) is 4. The normalized spacial score (nSPS) is 14.9. The SMILES string of the molecule is CCc1c2c(nc3ccc(O)cc13)-c1cc3c(c(=O)n1C2)COC(=O)C3(CC)OC(=O)CCOCCOCCOCCN/C=C(/CCCOc1cc(OCCCc2c(C)n[nH]c2C)cc(C(=O)O)c1)N=N. The third kappa shape index (κ3) is 12.2. The minimum absolute atomic E-state index is 0.0110. The number of hydrogen-bond acceptors (Lipinski definition) is 17. The number of pyridine rings is 2. The van der Waals surface area contributed by atoms with Crippen molar-refractivity contribution in [2.75, 3.05) is 59.4 Å². The van der Waals surface area contributed by atoms with Gasteiger partial charge in [0.25, 0.3) is 5.56 Å². The molecule has 2 aliphatic heterocycles. The largest absolute Gasteiger partial charge is 0.508 e. The molecule has 3 aromatic heterocycles. The summed E-state index contributed by atoms with van der Waals surface area (Å²) in [6.07, 6.45) is 4.68. The van der Waals surface area contributed by atoms with E-state index in [4.69, 9.17) is 43.7 Å². The van der Waals surface area contributed by atoms with Crippen molar-refractivity contribution in [2.45, 2.75) is 91.4 Å². The predicted octanol–water partition coefficient (Wildman–Crippen LogP) is 6.71. The Balaban J connectivity index is 0.767. The zero-order valence-electron chi connectivity index (χ0n) is 40.5. The zero-order chi connectivity index (χ0) is 50.5. The van der Waals surface area contributed by atoms with Crippen molar-refractivity contribution in [1.29, 1.82) is 5.53 Å². The van der Waals surface area contributed by atoms with E-state index in [1.807, 2.05) is 20.8 Å². The Morgan fingerprint density at radius 3 is 2.31 bits per heavy atom. The van der Waals surface area contributed by atoms with E-state index >= 15 is 0 Å². The Kier molecular flexibility index (Phi) is 17.5. The molecule has 1 atom stereocenters. The quantitative estimate of drug-likeness (QED) is 0.0194. The van der Waals surface area contributed by atoms with Crippen LogP contribution in [0.1, 0.15) is 95.5 Å². The number of carbonyl (C=O) groups excluding carboxylic acids is 2. The van der Waals surface area contributed by atoms with Crippen molar-refractivity contribution in [3.8, 4) is 28.6 Å². The third-order valence-electron chi connectivity index (χ3n) is 12.5. The number of allylic oxidation sites excluding steroid dienone is 1. The number of ether oxygens (including phenoxy) is 7. The van der Waals surface area contributed by atoms with E-state index in [9.17, 15) is 29.4 Å². The fourth-order valence-electron chi connectivity index (χ4n) is 8.82. The van der Waals surface area contributed by atoms with Crippen LogP contribution in [0.3, 0.4) is 0 Å². The molecule has 0 aliphatic carbocycles. The maximum atomic E-state index is 14.0. The number of cyclic esters (lactones) is 1. The Labute approximate surface area is 410 Å². The van der Waals surface area contributed by atoms with Gasteiger partial charge in [0.05, 0.1) is 105 Å². The van der Waals surface area contributed by atoms with Gasteiger partial charge in [-0.3, -0.25) is 14.7 Å². The first-order chi connectivity index (χ1) is 34.4. The fraction of sp³-hybridized carbons (Fsp3) is 0.451. The van der Waals surface area contributed by atoms with Crippen LogP contribution < -0.4 is 20.3 Å². The van der Waals surface area contributed by atoms with Gasteiger partial charge in [0.1, 0.15) is 23.9 Å². The van der Waals surface area contributed by atoms with Crippen LogP contribution in [0.5, 0.6) is 17.2 Å². The molecule has 0 amide bonds. The number of aromatic nitrogens is 4. The van der Waals surface area contributed by atoms with Crippen molar-refractivity contribution in [3.63, 3.8) is 0 Å². The van der Waals surface area contributed by atoms with E-state index in [1.54, 1.807) is 48.0 Å². The summed E-state index contributed by atoms with van der Waals surface area (Å²) in [5.74, 6) is -1.62. The number of aryl methyl sites for hydroxylation is 3. The van der Waals surface area contributed by atoms with Crippen molar-refractivity contribution in [3.05, 3.63) is 109 Å². The number of aromatic hydroxyl groups is 1. The molecule has 0 fully saturated rings. The van der Waals surface area contributed by atoms with Gasteiger partial charge in [0.15, 0.2) is 0 Å². The number of H-pyrrole nitrogens is 1. The average Bonchev–Trinajstić information content (AvgIpc) is 3.89. The second-order valence-electron chi connectivity index (χ2n) is 17.1. The Morgan fingerprint density at radius 1 is 0.915 bits per heavy atom. The van der Waals surface area contributed by atoms with Gasteiger partial charge in [-0.15, -0.1) is 0 Å². The highest BCUT2D eigenvalue weighted by Gasteiger charge is 2.50. The summed E-state index contributed by atoms with van der Waals surface area (Å²) in [5.41, 5.74) is 13.2. The van der Waals surface area contributed by atoms with Crippen LogP contribution in [0.15, 0.2) is 64.3 Å². The number of aromatic carboxylic acids is 1. The molecule has 0 spiro atoms. The van der Waals surface area contributed by atoms with Crippen LogP contribution in [0.2, 0.25) is 0 Å². The van der Waals surface area contributed by atoms with Gasteiger partial charge < -0.3 is 53.3 Å². The fourth-order valence-corrected chi connectivity index (χ4v) is 8.82. The minimum Gasteiger partial charge on any atom is -0.508 e. The zero-order valence-corrected chi connectivity index (χ0v) is 40.5. The maximum Gasteiger partial charge on any atom is 0.355 e. The molecule has 0 saturated carbocycles. The average molecular weight is 980 g/mol. The van der Waals surface area contributed by atoms with Gasteiger partial charge >= 0.3 is 17.9 Å². The van der Waals surface area contributed by atoms with Crippen LogP contribution in [0.25, 0.3) is 22.3 Å². The number of hydrogen-bond donors (Lipinski definition) is 5. The molecule has 0 saturated heterocycles. The summed E-state index contributed by atoms with van der Waals surface area (Å²) < 4.78 is 41.5. The van der Waals surface area contributed by atoms with E-state index in [0.717, 1.165) is 46.3 Å². The molecule has 5 heterocycles. The molecule has 1 unspecified atom stereocenters. The number of carboxylic acid groups (broad SMARTS) is 1. The molecule has 0 radical (unpaired) electrons. The van der Waals surface area contributed by atoms with Crippen molar-refractivity contribution in [1.82, 2.24) is 25.1 Å². The van der Waals surface area contributed by atoms with Gasteiger partial charge in [-0.1, -0.05) is 13.8 Å². The second kappa shape index (κ2) is 24.1. The number of esters is 2. The summed E-state index contributed by atoms with van der Waals surface area (Å²) in [5, 5.41) is 34.5. The maximum absolute atomic E-state index is 14.0. The molecule has 5 N–H and O–H groups in total. The van der Waals surface area contributed by atoms with Crippen LogP contribution in [0.4, 0.5) is 0 Å². The number of fused-ring (bicyclic) bond motifs is 5. The lowest BCUT2D eigenvalue weighted by Crippen LogP contribution is -2.47. The van der Waals surface area contributed by atoms with E-state index in [2.05, 4.69) is 20.6 Å². The number of carbonyl (C=O) groups is 3. The smallest absolute Gasteiger partial charge is 0.355 e. The van der Waals surface area contributed by atoms with Crippen LogP contribution >= 0.6 is 0 Å². The Bertz CT molecular complexity index is 2820. The summed E-state index contributed by atoms with van der Waals surface area (Å²) >= 11 is 0. The van der Waals surface area contributed by atoms with Gasteiger partial charge in [0.2, 0.25) is 5.60 Å². The predicted molar refractivity (Wildman–Crippen MR) is 258 cm³/mol. The van der Waals surface area contributed by atoms with Gasteiger partial charge in [-0.2, -0.15) is 10.2 Å². The van der Waals surface area contributed by atoms with Gasteiger partial charge in [-0.05, 0) is 99.9 Å². The first-order valence-electron chi connectivity index (χ1n) is 23.9. The molecule has 2 aliphatic rings. The summed E-state index contributed by atoms with van der Waals surface area (Å²) in [6.45, 7) is 10.3. The summed E-state index contributed by atoms with van der Waals surface area (Å²) in [6, 6.07) is 11.3. The van der Waals surface area contributed by atoms with E-state index in [-0.39, 0.29) is 74.9 Å². The number of nitrogens with one attached hydrogen (secondary N) is 3. The molecule has 378 valence electrons. The second-order valence-corrected chi connectivity index (χ2v) is 17.1. The molecule has 7 rings (SSSR count).